The maximum Gasteiger partial charge on any atom is 0.131 e. The van der Waals surface area contributed by atoms with Gasteiger partial charge < -0.3 is 18.9 Å². The molecular formula is C18H18O4. The van der Waals surface area contributed by atoms with Crippen molar-refractivity contribution in [3.05, 3.63) is 53.6 Å². The highest BCUT2D eigenvalue weighted by Gasteiger charge is 2.19. The SMILES string of the molecule is COc1ccc(C2=CCOc3cc(OC)ccc32)c(OC)c1. The van der Waals surface area contributed by atoms with Crippen LogP contribution in [0, 0.1) is 0 Å². The second kappa shape index (κ2) is 6.02. The van der Waals surface area contributed by atoms with E-state index in [9.17, 15) is 0 Å². The molecule has 3 rings (SSSR count). The molecule has 0 aliphatic carbocycles. The summed E-state index contributed by atoms with van der Waals surface area (Å²) >= 11 is 0. The number of fused-ring (bicyclic) bond motifs is 1. The molecule has 114 valence electrons. The molecule has 1 aliphatic rings. The Morgan fingerprint density at radius 3 is 2.18 bits per heavy atom. The molecule has 1 heterocycles. The van der Waals surface area contributed by atoms with E-state index in [1.165, 1.54) is 0 Å². The first-order valence-electron chi connectivity index (χ1n) is 7.00. The molecule has 0 radical (unpaired) electrons. The average molecular weight is 298 g/mol. The van der Waals surface area contributed by atoms with Crippen LogP contribution >= 0.6 is 0 Å². The third kappa shape index (κ3) is 2.48. The first-order chi connectivity index (χ1) is 10.8. The Labute approximate surface area is 129 Å². The van der Waals surface area contributed by atoms with Crippen LogP contribution in [0.2, 0.25) is 0 Å². The third-order valence-electron chi connectivity index (χ3n) is 3.70. The van der Waals surface area contributed by atoms with Gasteiger partial charge in [0, 0.05) is 23.3 Å². The average Bonchev–Trinajstić information content (AvgIpc) is 2.60. The number of hydrogen-bond acceptors (Lipinski definition) is 4. The Hall–Kier alpha value is -2.62. The minimum Gasteiger partial charge on any atom is -0.497 e. The summed E-state index contributed by atoms with van der Waals surface area (Å²) in [4.78, 5) is 0. The van der Waals surface area contributed by atoms with Crippen molar-refractivity contribution in [3.63, 3.8) is 0 Å². The second-order valence-electron chi connectivity index (χ2n) is 4.86. The molecule has 0 aromatic heterocycles. The molecule has 0 saturated carbocycles. The molecule has 0 spiro atoms. The van der Waals surface area contributed by atoms with Gasteiger partial charge in [-0.1, -0.05) is 0 Å². The van der Waals surface area contributed by atoms with E-state index in [1.54, 1.807) is 21.3 Å². The van der Waals surface area contributed by atoms with E-state index >= 15 is 0 Å². The van der Waals surface area contributed by atoms with Gasteiger partial charge in [0.05, 0.1) is 21.3 Å². The Balaban J connectivity index is 2.08. The molecule has 0 amide bonds. The van der Waals surface area contributed by atoms with E-state index < -0.39 is 0 Å². The summed E-state index contributed by atoms with van der Waals surface area (Å²) in [6, 6.07) is 11.6. The molecular weight excluding hydrogens is 280 g/mol. The van der Waals surface area contributed by atoms with Gasteiger partial charge in [-0.2, -0.15) is 0 Å². The van der Waals surface area contributed by atoms with Crippen LogP contribution in [0.15, 0.2) is 42.5 Å². The van der Waals surface area contributed by atoms with Gasteiger partial charge >= 0.3 is 0 Å². The summed E-state index contributed by atoms with van der Waals surface area (Å²) in [5, 5.41) is 0. The third-order valence-corrected chi connectivity index (χ3v) is 3.70. The molecule has 0 fully saturated rings. The molecule has 0 N–H and O–H groups in total. The fourth-order valence-corrected chi connectivity index (χ4v) is 2.57. The number of methoxy groups -OCH3 is 3. The minimum atomic E-state index is 0.519. The monoisotopic (exact) mass is 298 g/mol. The summed E-state index contributed by atoms with van der Waals surface area (Å²) in [6.07, 6.45) is 2.05. The van der Waals surface area contributed by atoms with Gasteiger partial charge in [-0.05, 0) is 35.9 Å². The van der Waals surface area contributed by atoms with Crippen molar-refractivity contribution < 1.29 is 18.9 Å². The molecule has 0 bridgehead atoms. The second-order valence-corrected chi connectivity index (χ2v) is 4.86. The topological polar surface area (TPSA) is 36.9 Å². The van der Waals surface area contributed by atoms with Crippen LogP contribution < -0.4 is 18.9 Å². The van der Waals surface area contributed by atoms with Crippen molar-refractivity contribution in [1.82, 2.24) is 0 Å². The highest BCUT2D eigenvalue weighted by Crippen LogP contribution is 2.40. The molecule has 2 aromatic rings. The van der Waals surface area contributed by atoms with Crippen LogP contribution in [0.5, 0.6) is 23.0 Å². The van der Waals surface area contributed by atoms with Crippen molar-refractivity contribution in [2.75, 3.05) is 27.9 Å². The van der Waals surface area contributed by atoms with Gasteiger partial charge in [0.2, 0.25) is 0 Å². The normalized spacial score (nSPS) is 12.8. The largest absolute Gasteiger partial charge is 0.497 e. The Kier molecular flexibility index (Phi) is 3.92. The predicted octanol–water partition coefficient (Wildman–Crippen LogP) is 3.54. The van der Waals surface area contributed by atoms with Gasteiger partial charge in [0.25, 0.3) is 0 Å². The van der Waals surface area contributed by atoms with Crippen molar-refractivity contribution in [3.8, 4) is 23.0 Å². The van der Waals surface area contributed by atoms with Crippen LogP contribution in [-0.2, 0) is 0 Å². The van der Waals surface area contributed by atoms with Crippen molar-refractivity contribution in [2.45, 2.75) is 0 Å². The van der Waals surface area contributed by atoms with Gasteiger partial charge in [-0.3, -0.25) is 0 Å². The lowest BCUT2D eigenvalue weighted by molar-refractivity contribution is 0.351. The van der Waals surface area contributed by atoms with Crippen LogP contribution in [0.3, 0.4) is 0 Å². The van der Waals surface area contributed by atoms with Gasteiger partial charge in [0.1, 0.15) is 29.6 Å². The van der Waals surface area contributed by atoms with Crippen molar-refractivity contribution >= 4 is 5.57 Å². The lowest BCUT2D eigenvalue weighted by Crippen LogP contribution is -2.06. The first kappa shape index (κ1) is 14.3. The van der Waals surface area contributed by atoms with Crippen LogP contribution in [0.1, 0.15) is 11.1 Å². The zero-order valence-electron chi connectivity index (χ0n) is 12.9. The maximum atomic E-state index is 5.71. The Morgan fingerprint density at radius 2 is 1.50 bits per heavy atom. The summed E-state index contributed by atoms with van der Waals surface area (Å²) in [5.74, 6) is 3.13. The molecule has 4 heteroatoms. The van der Waals surface area contributed by atoms with E-state index in [-0.39, 0.29) is 0 Å². The number of hydrogen-bond donors (Lipinski definition) is 0. The summed E-state index contributed by atoms with van der Waals surface area (Å²) in [6.45, 7) is 0.519. The van der Waals surface area contributed by atoms with E-state index in [0.717, 1.165) is 39.7 Å². The Bertz CT molecular complexity index is 719. The van der Waals surface area contributed by atoms with Crippen LogP contribution in [0.4, 0.5) is 0 Å². The number of benzene rings is 2. The smallest absolute Gasteiger partial charge is 0.131 e. The zero-order chi connectivity index (χ0) is 15.5. The quantitative estimate of drug-likeness (QED) is 0.865. The molecule has 0 saturated heterocycles. The van der Waals surface area contributed by atoms with E-state index in [0.29, 0.717) is 6.61 Å². The minimum absolute atomic E-state index is 0.519. The lowest BCUT2D eigenvalue weighted by Gasteiger charge is -2.21. The standard InChI is InChI=1S/C18H18O4/c1-19-12-4-6-15(17(10-12)21-3)14-8-9-22-18-11-13(20-2)5-7-16(14)18/h4-8,10-11H,9H2,1-3H3. The van der Waals surface area contributed by atoms with Gasteiger partial charge in [-0.25, -0.2) is 0 Å². The molecule has 22 heavy (non-hydrogen) atoms. The highest BCUT2D eigenvalue weighted by atomic mass is 16.5. The zero-order valence-corrected chi connectivity index (χ0v) is 12.9. The number of rotatable bonds is 4. The van der Waals surface area contributed by atoms with Crippen molar-refractivity contribution in [2.24, 2.45) is 0 Å². The number of ether oxygens (including phenoxy) is 4. The molecule has 0 atom stereocenters. The van der Waals surface area contributed by atoms with Gasteiger partial charge in [0.15, 0.2) is 0 Å². The van der Waals surface area contributed by atoms with Crippen LogP contribution in [-0.4, -0.2) is 27.9 Å². The molecule has 2 aromatic carbocycles. The van der Waals surface area contributed by atoms with Crippen molar-refractivity contribution in [1.29, 1.82) is 0 Å². The lowest BCUT2D eigenvalue weighted by atomic mass is 9.94. The highest BCUT2D eigenvalue weighted by molar-refractivity contribution is 5.87. The maximum absolute atomic E-state index is 5.71. The predicted molar refractivity (Wildman–Crippen MR) is 85.1 cm³/mol. The summed E-state index contributed by atoms with van der Waals surface area (Å²) < 4.78 is 21.7. The fraction of sp³-hybridized carbons (Fsp3) is 0.222. The van der Waals surface area contributed by atoms with E-state index in [1.807, 2.05) is 36.4 Å². The molecule has 0 unspecified atom stereocenters. The van der Waals surface area contributed by atoms with E-state index in [2.05, 4.69) is 6.08 Å². The molecule has 1 aliphatic heterocycles. The van der Waals surface area contributed by atoms with Gasteiger partial charge in [-0.15, -0.1) is 0 Å². The summed E-state index contributed by atoms with van der Waals surface area (Å²) in [5.41, 5.74) is 3.12. The fourth-order valence-electron chi connectivity index (χ4n) is 2.57. The Morgan fingerprint density at radius 1 is 0.818 bits per heavy atom. The first-order valence-corrected chi connectivity index (χ1v) is 7.00. The van der Waals surface area contributed by atoms with E-state index in [4.69, 9.17) is 18.9 Å². The molecule has 4 nitrogen and oxygen atoms in total. The summed E-state index contributed by atoms with van der Waals surface area (Å²) in [7, 11) is 4.95. The van der Waals surface area contributed by atoms with Crippen LogP contribution in [0.25, 0.3) is 5.57 Å².